The van der Waals surface area contributed by atoms with Gasteiger partial charge in [-0.3, -0.25) is 0 Å². The summed E-state index contributed by atoms with van der Waals surface area (Å²) >= 11 is 0. The molecule has 3 fully saturated rings. The van der Waals surface area contributed by atoms with Crippen LogP contribution in [0.2, 0.25) is 0 Å². The third-order valence-electron chi connectivity index (χ3n) is 10.7. The summed E-state index contributed by atoms with van der Waals surface area (Å²) in [4.78, 5) is 0. The minimum Gasteiger partial charge on any atom is -0.396 e. The summed E-state index contributed by atoms with van der Waals surface area (Å²) in [6.45, 7) is 12.5. The van der Waals surface area contributed by atoms with E-state index in [1.54, 1.807) is 0 Å². The van der Waals surface area contributed by atoms with Crippen LogP contribution in [-0.2, 0) is 0 Å². The second kappa shape index (κ2) is 8.98. The van der Waals surface area contributed by atoms with Crippen LogP contribution in [-0.4, -0.2) is 22.9 Å². The number of rotatable bonds is 6. The summed E-state index contributed by atoms with van der Waals surface area (Å²) in [5.41, 5.74) is 2.68. The van der Waals surface area contributed by atoms with Gasteiger partial charge in [-0.05, 0) is 110 Å². The molecule has 0 aromatic heterocycles. The number of hydrogen-bond donors (Lipinski definition) is 2. The molecule has 0 unspecified atom stereocenters. The zero-order valence-electron chi connectivity index (χ0n) is 20.8. The van der Waals surface area contributed by atoms with E-state index in [2.05, 4.69) is 52.8 Å². The Bertz CT molecular complexity index is 693. The highest BCUT2D eigenvalue weighted by molar-refractivity contribution is 5.28. The van der Waals surface area contributed by atoms with Crippen molar-refractivity contribution >= 4 is 0 Å². The van der Waals surface area contributed by atoms with Crippen molar-refractivity contribution in [1.29, 1.82) is 0 Å². The van der Waals surface area contributed by atoms with Crippen molar-refractivity contribution in [1.82, 2.24) is 0 Å². The monoisotopic (exact) mass is 428 g/mol. The van der Waals surface area contributed by atoms with Gasteiger partial charge in [-0.1, -0.05) is 58.4 Å². The van der Waals surface area contributed by atoms with Gasteiger partial charge in [0.1, 0.15) is 0 Å². The lowest BCUT2D eigenvalue weighted by Gasteiger charge is -2.57. The Morgan fingerprint density at radius 3 is 2.42 bits per heavy atom. The molecule has 2 N–H and O–H groups in total. The van der Waals surface area contributed by atoms with Crippen LogP contribution in [0.3, 0.4) is 0 Å². The summed E-state index contributed by atoms with van der Waals surface area (Å²) in [5.74, 6) is 4.69. The van der Waals surface area contributed by atoms with E-state index in [-0.39, 0.29) is 12.7 Å². The van der Waals surface area contributed by atoms with Crippen molar-refractivity contribution < 1.29 is 10.2 Å². The van der Waals surface area contributed by atoms with Gasteiger partial charge >= 0.3 is 0 Å². The highest BCUT2D eigenvalue weighted by atomic mass is 16.3. The van der Waals surface area contributed by atoms with E-state index in [0.717, 1.165) is 37.0 Å². The Labute approximate surface area is 191 Å². The van der Waals surface area contributed by atoms with Crippen LogP contribution in [0.15, 0.2) is 23.8 Å². The lowest BCUT2D eigenvalue weighted by atomic mass is 9.47. The number of hydrogen-bond acceptors (Lipinski definition) is 2. The van der Waals surface area contributed by atoms with Crippen LogP contribution < -0.4 is 0 Å². The molecule has 4 rings (SSSR count). The molecule has 0 saturated heterocycles. The first-order valence-electron chi connectivity index (χ1n) is 13.4. The number of aliphatic hydroxyl groups is 2. The Kier molecular flexibility index (Phi) is 6.82. The smallest absolute Gasteiger partial charge is 0.0543 e. The fourth-order valence-corrected chi connectivity index (χ4v) is 8.65. The average molecular weight is 429 g/mol. The first-order valence-corrected chi connectivity index (χ1v) is 13.4. The lowest BCUT2D eigenvalue weighted by Crippen LogP contribution is -2.49. The second-order valence-corrected chi connectivity index (χ2v) is 12.6. The Morgan fingerprint density at radius 2 is 1.71 bits per heavy atom. The standard InChI is InChI=1S/C29H48O2/c1-19(2)21(14-17-30)7-6-20(3)25-10-11-26-24-9-8-22-18-23(31)12-15-28(22,4)27(24)13-16-29(25,26)5/h6-7,9,19-23,25-27,30-31H,8,10-18H2,1-5H3/b7-6+/t20-,21-,22+,23+,25-,26+,27+,28+,29-/m1/s1. The molecule has 3 saturated carbocycles. The quantitative estimate of drug-likeness (QED) is 0.458. The Balaban J connectivity index is 1.51. The molecular weight excluding hydrogens is 380 g/mol. The first kappa shape index (κ1) is 23.6. The molecule has 0 radical (unpaired) electrons. The minimum absolute atomic E-state index is 0.0640. The molecule has 0 spiro atoms. The summed E-state index contributed by atoms with van der Waals surface area (Å²) < 4.78 is 0. The van der Waals surface area contributed by atoms with Crippen molar-refractivity contribution in [2.45, 2.75) is 98.5 Å². The van der Waals surface area contributed by atoms with Gasteiger partial charge in [-0.25, -0.2) is 0 Å². The van der Waals surface area contributed by atoms with Crippen LogP contribution in [0.25, 0.3) is 0 Å². The zero-order valence-corrected chi connectivity index (χ0v) is 20.8. The molecule has 9 atom stereocenters. The van der Waals surface area contributed by atoms with Crippen LogP contribution in [0.5, 0.6) is 0 Å². The van der Waals surface area contributed by atoms with E-state index in [1.807, 2.05) is 5.57 Å². The topological polar surface area (TPSA) is 40.5 Å². The number of allylic oxidation sites excluding steroid dienone is 4. The van der Waals surface area contributed by atoms with Gasteiger partial charge in [-0.15, -0.1) is 0 Å². The van der Waals surface area contributed by atoms with Gasteiger partial charge in [0.15, 0.2) is 0 Å². The summed E-state index contributed by atoms with van der Waals surface area (Å²) in [5, 5.41) is 19.7. The highest BCUT2D eigenvalue weighted by Crippen LogP contribution is 2.66. The predicted molar refractivity (Wildman–Crippen MR) is 130 cm³/mol. The molecule has 4 aliphatic carbocycles. The molecule has 0 heterocycles. The van der Waals surface area contributed by atoms with Crippen molar-refractivity contribution in [2.75, 3.05) is 6.61 Å². The molecule has 2 nitrogen and oxygen atoms in total. The fourth-order valence-electron chi connectivity index (χ4n) is 8.65. The normalized spacial score (nSPS) is 44.5. The van der Waals surface area contributed by atoms with Gasteiger partial charge in [-0.2, -0.15) is 0 Å². The van der Waals surface area contributed by atoms with Crippen molar-refractivity contribution in [3.05, 3.63) is 23.8 Å². The molecular formula is C29H48O2. The molecule has 0 aromatic carbocycles. The minimum atomic E-state index is -0.0640. The second-order valence-electron chi connectivity index (χ2n) is 12.6. The molecule has 0 amide bonds. The van der Waals surface area contributed by atoms with Gasteiger partial charge in [0.25, 0.3) is 0 Å². The molecule has 31 heavy (non-hydrogen) atoms. The number of aliphatic hydroxyl groups excluding tert-OH is 2. The van der Waals surface area contributed by atoms with Crippen LogP contribution in [0.1, 0.15) is 92.4 Å². The molecule has 0 bridgehead atoms. The van der Waals surface area contributed by atoms with Gasteiger partial charge in [0, 0.05) is 6.61 Å². The molecule has 0 aliphatic heterocycles. The van der Waals surface area contributed by atoms with Crippen molar-refractivity contribution in [3.8, 4) is 0 Å². The molecule has 4 aliphatic rings. The maximum atomic E-state index is 10.3. The summed E-state index contributed by atoms with van der Waals surface area (Å²) in [6, 6.07) is 0. The Hall–Kier alpha value is -0.600. The first-order chi connectivity index (χ1) is 14.7. The Morgan fingerprint density at radius 1 is 1.00 bits per heavy atom. The SMILES string of the molecule is CC(C)[C@H](/C=C/[C@@H](C)[C@H]1CC[C@H]2C3=CC[C@H]4C[C@@H](O)CC[C@]4(C)[C@H]3CC[C@]12C)CCO. The lowest BCUT2D eigenvalue weighted by molar-refractivity contribution is -0.0414. The average Bonchev–Trinajstić information content (AvgIpc) is 3.08. The van der Waals surface area contributed by atoms with E-state index in [9.17, 15) is 10.2 Å². The van der Waals surface area contributed by atoms with Gasteiger partial charge in [0.05, 0.1) is 6.10 Å². The van der Waals surface area contributed by atoms with E-state index in [4.69, 9.17) is 0 Å². The predicted octanol–water partition coefficient (Wildman–Crippen LogP) is 6.77. The van der Waals surface area contributed by atoms with Gasteiger partial charge < -0.3 is 10.2 Å². The van der Waals surface area contributed by atoms with E-state index in [1.165, 1.54) is 38.5 Å². The van der Waals surface area contributed by atoms with Crippen molar-refractivity contribution in [2.24, 2.45) is 52.3 Å². The summed E-state index contributed by atoms with van der Waals surface area (Å²) in [7, 11) is 0. The third kappa shape index (κ3) is 4.10. The fraction of sp³-hybridized carbons (Fsp3) is 0.862. The van der Waals surface area contributed by atoms with Crippen LogP contribution >= 0.6 is 0 Å². The molecule has 2 heteroatoms. The molecule has 176 valence electrons. The maximum absolute atomic E-state index is 10.3. The maximum Gasteiger partial charge on any atom is 0.0543 e. The third-order valence-corrected chi connectivity index (χ3v) is 10.7. The van der Waals surface area contributed by atoms with Gasteiger partial charge in [0.2, 0.25) is 0 Å². The molecule has 0 aromatic rings. The number of fused-ring (bicyclic) bond motifs is 5. The van der Waals surface area contributed by atoms with E-state index in [0.29, 0.717) is 34.5 Å². The summed E-state index contributed by atoms with van der Waals surface area (Å²) in [6.07, 6.45) is 18.3. The van der Waals surface area contributed by atoms with Crippen molar-refractivity contribution in [3.63, 3.8) is 0 Å². The largest absolute Gasteiger partial charge is 0.396 e. The van der Waals surface area contributed by atoms with Crippen LogP contribution in [0.4, 0.5) is 0 Å². The van der Waals surface area contributed by atoms with Crippen LogP contribution in [0, 0.1) is 52.3 Å². The highest BCUT2D eigenvalue weighted by Gasteiger charge is 2.57. The van der Waals surface area contributed by atoms with E-state index >= 15 is 0 Å². The van der Waals surface area contributed by atoms with E-state index < -0.39 is 0 Å². The zero-order chi connectivity index (χ0) is 22.4.